The molecule has 0 aromatic carbocycles. The highest BCUT2D eigenvalue weighted by Crippen LogP contribution is 2.47. The molecule has 1 saturated carbocycles. The van der Waals surface area contributed by atoms with Crippen LogP contribution in [-0.4, -0.2) is 11.6 Å². The van der Waals surface area contributed by atoms with Crippen molar-refractivity contribution in [2.24, 2.45) is 11.3 Å². The Morgan fingerprint density at radius 3 is 2.65 bits per heavy atom. The van der Waals surface area contributed by atoms with Crippen molar-refractivity contribution < 1.29 is 9.59 Å². The van der Waals surface area contributed by atoms with Crippen LogP contribution in [0.1, 0.15) is 47.0 Å². The fourth-order valence-corrected chi connectivity index (χ4v) is 2.70. The fraction of sp³-hybridized carbons (Fsp3) is 0.600. The normalized spacial score (nSPS) is 32.4. The van der Waals surface area contributed by atoms with E-state index in [1.54, 1.807) is 6.08 Å². The number of carbonyl (C=O) groups excluding carboxylic acids is 2. The number of ketones is 2. The van der Waals surface area contributed by atoms with Gasteiger partial charge in [-0.05, 0) is 38.7 Å². The SMILES string of the molecule is C.C=C(C)[C@@H]1CC(=O)[C@@]2(C)CCC(=O)C=C2C1. The Morgan fingerprint density at radius 1 is 1.41 bits per heavy atom. The van der Waals surface area contributed by atoms with Crippen LogP contribution >= 0.6 is 0 Å². The van der Waals surface area contributed by atoms with E-state index in [1.165, 1.54) is 0 Å². The van der Waals surface area contributed by atoms with Crippen LogP contribution in [0, 0.1) is 11.3 Å². The molecule has 94 valence electrons. The van der Waals surface area contributed by atoms with Gasteiger partial charge in [-0.15, -0.1) is 0 Å². The quantitative estimate of drug-likeness (QED) is 0.651. The minimum atomic E-state index is -0.361. The van der Waals surface area contributed by atoms with Crippen molar-refractivity contribution in [3.8, 4) is 0 Å². The van der Waals surface area contributed by atoms with Gasteiger partial charge in [0.25, 0.3) is 0 Å². The third-order valence-corrected chi connectivity index (χ3v) is 4.13. The van der Waals surface area contributed by atoms with Crippen molar-refractivity contribution in [2.75, 3.05) is 0 Å². The molecule has 0 aromatic heterocycles. The summed E-state index contributed by atoms with van der Waals surface area (Å²) < 4.78 is 0. The summed E-state index contributed by atoms with van der Waals surface area (Å²) in [6.07, 6.45) is 4.35. The van der Waals surface area contributed by atoms with Crippen LogP contribution in [-0.2, 0) is 9.59 Å². The van der Waals surface area contributed by atoms with Gasteiger partial charge in [0.15, 0.2) is 5.78 Å². The lowest BCUT2D eigenvalue weighted by atomic mass is 9.62. The number of allylic oxidation sites excluding steroid dienone is 3. The van der Waals surface area contributed by atoms with Gasteiger partial charge >= 0.3 is 0 Å². The molecule has 0 spiro atoms. The summed E-state index contributed by atoms with van der Waals surface area (Å²) in [6.45, 7) is 7.88. The molecule has 2 nitrogen and oxygen atoms in total. The molecule has 0 aliphatic heterocycles. The Morgan fingerprint density at radius 2 is 2.06 bits per heavy atom. The van der Waals surface area contributed by atoms with Crippen LogP contribution in [0.15, 0.2) is 23.8 Å². The van der Waals surface area contributed by atoms with Crippen molar-refractivity contribution in [3.05, 3.63) is 23.8 Å². The first-order chi connectivity index (χ1) is 7.43. The molecule has 2 heteroatoms. The number of hydrogen-bond acceptors (Lipinski definition) is 2. The van der Waals surface area contributed by atoms with E-state index >= 15 is 0 Å². The minimum Gasteiger partial charge on any atom is -0.299 e. The molecule has 0 unspecified atom stereocenters. The van der Waals surface area contributed by atoms with Crippen LogP contribution < -0.4 is 0 Å². The monoisotopic (exact) mass is 234 g/mol. The third-order valence-electron chi connectivity index (χ3n) is 4.13. The van der Waals surface area contributed by atoms with E-state index in [1.807, 2.05) is 13.8 Å². The maximum Gasteiger partial charge on any atom is 0.155 e. The second-order valence-electron chi connectivity index (χ2n) is 5.34. The van der Waals surface area contributed by atoms with Gasteiger partial charge in [0, 0.05) is 18.3 Å². The molecule has 0 heterocycles. The van der Waals surface area contributed by atoms with Gasteiger partial charge in [-0.2, -0.15) is 0 Å². The molecule has 2 rings (SSSR count). The number of rotatable bonds is 1. The smallest absolute Gasteiger partial charge is 0.155 e. The molecule has 0 radical (unpaired) electrons. The molecule has 2 aliphatic rings. The zero-order chi connectivity index (χ0) is 11.9. The minimum absolute atomic E-state index is 0. The van der Waals surface area contributed by atoms with Crippen molar-refractivity contribution >= 4 is 11.6 Å². The Hall–Kier alpha value is -1.18. The average molecular weight is 234 g/mol. The van der Waals surface area contributed by atoms with E-state index in [2.05, 4.69) is 6.58 Å². The molecular formula is C15H22O2. The van der Waals surface area contributed by atoms with Crippen molar-refractivity contribution in [3.63, 3.8) is 0 Å². The molecule has 0 N–H and O–H groups in total. The molecule has 0 amide bonds. The van der Waals surface area contributed by atoms with Gasteiger partial charge in [0.1, 0.15) is 5.78 Å². The van der Waals surface area contributed by atoms with Crippen LogP contribution in [0.2, 0.25) is 0 Å². The summed E-state index contributed by atoms with van der Waals surface area (Å²) in [6, 6.07) is 0. The molecule has 2 aliphatic carbocycles. The van der Waals surface area contributed by atoms with Crippen molar-refractivity contribution in [2.45, 2.75) is 47.0 Å². The van der Waals surface area contributed by atoms with Crippen LogP contribution in [0.25, 0.3) is 0 Å². The summed E-state index contributed by atoms with van der Waals surface area (Å²) in [5.41, 5.74) is 1.72. The van der Waals surface area contributed by atoms with Gasteiger partial charge in [-0.25, -0.2) is 0 Å². The summed E-state index contributed by atoms with van der Waals surface area (Å²) in [5, 5.41) is 0. The summed E-state index contributed by atoms with van der Waals surface area (Å²) in [5.74, 6) is 0.686. The third kappa shape index (κ3) is 2.26. The first kappa shape index (κ1) is 13.9. The van der Waals surface area contributed by atoms with Crippen molar-refractivity contribution in [1.82, 2.24) is 0 Å². The van der Waals surface area contributed by atoms with Crippen molar-refractivity contribution in [1.29, 1.82) is 0 Å². The Balaban J connectivity index is 0.00000144. The predicted octanol–water partition coefficient (Wildman–Crippen LogP) is 3.47. The molecule has 1 fully saturated rings. The Labute approximate surface area is 104 Å². The van der Waals surface area contributed by atoms with Gasteiger partial charge in [0.2, 0.25) is 0 Å². The Bertz CT molecular complexity index is 403. The lowest BCUT2D eigenvalue weighted by Crippen LogP contribution is -2.39. The number of hydrogen-bond donors (Lipinski definition) is 0. The maximum atomic E-state index is 12.2. The first-order valence-electron chi connectivity index (χ1n) is 5.86. The second-order valence-corrected chi connectivity index (χ2v) is 5.34. The average Bonchev–Trinajstić information content (AvgIpc) is 2.21. The predicted molar refractivity (Wildman–Crippen MR) is 69.7 cm³/mol. The Kier molecular flexibility index (Phi) is 3.75. The van der Waals surface area contributed by atoms with Crippen LogP contribution in [0.3, 0.4) is 0 Å². The lowest BCUT2D eigenvalue weighted by molar-refractivity contribution is -0.129. The second kappa shape index (κ2) is 4.59. The molecular weight excluding hydrogens is 212 g/mol. The first-order valence-corrected chi connectivity index (χ1v) is 5.86. The highest BCUT2D eigenvalue weighted by molar-refractivity contribution is 5.97. The zero-order valence-electron chi connectivity index (χ0n) is 10.0. The van der Waals surface area contributed by atoms with E-state index in [0.29, 0.717) is 19.3 Å². The highest BCUT2D eigenvalue weighted by atomic mass is 16.1. The van der Waals surface area contributed by atoms with Gasteiger partial charge in [0.05, 0.1) is 0 Å². The largest absolute Gasteiger partial charge is 0.299 e. The lowest BCUT2D eigenvalue weighted by Gasteiger charge is -2.40. The summed E-state index contributed by atoms with van der Waals surface area (Å²) in [4.78, 5) is 23.6. The highest BCUT2D eigenvalue weighted by Gasteiger charge is 2.44. The van der Waals surface area contributed by atoms with E-state index in [0.717, 1.165) is 17.6 Å². The fourth-order valence-electron chi connectivity index (χ4n) is 2.70. The van der Waals surface area contributed by atoms with E-state index < -0.39 is 0 Å². The van der Waals surface area contributed by atoms with Gasteiger partial charge < -0.3 is 0 Å². The number of fused-ring (bicyclic) bond motifs is 1. The molecule has 0 saturated heterocycles. The number of Topliss-reactive ketones (excluding diaryl/α,β-unsaturated/α-hetero) is 1. The van der Waals surface area contributed by atoms with E-state index in [-0.39, 0.29) is 30.3 Å². The zero-order valence-corrected chi connectivity index (χ0v) is 10.0. The topological polar surface area (TPSA) is 34.1 Å². The van der Waals surface area contributed by atoms with E-state index in [4.69, 9.17) is 0 Å². The summed E-state index contributed by atoms with van der Waals surface area (Å²) >= 11 is 0. The van der Waals surface area contributed by atoms with Gasteiger partial charge in [-0.3, -0.25) is 9.59 Å². The standard InChI is InChI=1S/C14H18O2.CH4/c1-9(2)10-6-11-8-12(15)4-5-14(11,3)13(16)7-10;/h8,10H,1,4-7H2,2-3H3;1H4/t10-,14-;/m0./s1. The molecule has 17 heavy (non-hydrogen) atoms. The molecule has 0 aromatic rings. The van der Waals surface area contributed by atoms with Crippen LogP contribution in [0.4, 0.5) is 0 Å². The molecule has 2 atom stereocenters. The van der Waals surface area contributed by atoms with E-state index in [9.17, 15) is 9.59 Å². The maximum absolute atomic E-state index is 12.2. The summed E-state index contributed by atoms with van der Waals surface area (Å²) in [7, 11) is 0. The molecule has 0 bridgehead atoms. The van der Waals surface area contributed by atoms with Crippen LogP contribution in [0.5, 0.6) is 0 Å². The number of carbonyl (C=O) groups is 2. The van der Waals surface area contributed by atoms with Gasteiger partial charge in [-0.1, -0.05) is 25.2 Å².